The van der Waals surface area contributed by atoms with Crippen molar-refractivity contribution >= 4 is 27.5 Å². The highest BCUT2D eigenvalue weighted by atomic mass is 32.2. The van der Waals surface area contributed by atoms with E-state index in [4.69, 9.17) is 0 Å². The second-order valence-corrected chi connectivity index (χ2v) is 12.1. The maximum absolute atomic E-state index is 13.9. The Morgan fingerprint density at radius 3 is 2.17 bits per heavy atom. The summed E-state index contributed by atoms with van der Waals surface area (Å²) in [6.07, 6.45) is 1.74. The Morgan fingerprint density at radius 2 is 1.57 bits per heavy atom. The first-order valence-corrected chi connectivity index (χ1v) is 15.5. The van der Waals surface area contributed by atoms with Crippen LogP contribution < -0.4 is 9.62 Å². The minimum absolute atomic E-state index is 0.0174. The molecule has 42 heavy (non-hydrogen) atoms. The number of halogens is 3. The number of carbonyl (C=O) groups excluding carboxylic acids is 2. The highest BCUT2D eigenvalue weighted by Crippen LogP contribution is 2.22. The van der Waals surface area contributed by atoms with Gasteiger partial charge in [-0.2, -0.15) is 0 Å². The molecule has 0 aromatic heterocycles. The molecular formula is C31H36F3N3O4S. The summed E-state index contributed by atoms with van der Waals surface area (Å²) in [5, 5.41) is 2.96. The van der Waals surface area contributed by atoms with Crippen LogP contribution in [0.3, 0.4) is 0 Å². The highest BCUT2D eigenvalue weighted by Gasteiger charge is 2.31. The van der Waals surface area contributed by atoms with Crippen LogP contribution in [0.4, 0.5) is 18.9 Å². The second kappa shape index (κ2) is 14.9. The summed E-state index contributed by atoms with van der Waals surface area (Å²) in [6, 6.07) is 16.6. The van der Waals surface area contributed by atoms with E-state index in [9.17, 15) is 31.2 Å². The minimum Gasteiger partial charge on any atom is -0.352 e. The zero-order chi connectivity index (χ0) is 30.9. The largest absolute Gasteiger partial charge is 0.352 e. The van der Waals surface area contributed by atoms with Gasteiger partial charge in [-0.1, -0.05) is 49.4 Å². The van der Waals surface area contributed by atoms with E-state index in [1.165, 1.54) is 29.2 Å². The van der Waals surface area contributed by atoms with Crippen molar-refractivity contribution in [2.24, 2.45) is 0 Å². The molecule has 0 heterocycles. The second-order valence-electron chi connectivity index (χ2n) is 10.2. The fourth-order valence-electron chi connectivity index (χ4n) is 4.43. The number of hydrogen-bond donors (Lipinski definition) is 1. The van der Waals surface area contributed by atoms with Gasteiger partial charge in [0.2, 0.25) is 21.8 Å². The molecule has 3 aromatic rings. The first-order chi connectivity index (χ1) is 19.9. The molecule has 0 aliphatic rings. The molecule has 0 saturated carbocycles. The molecule has 2 amide bonds. The third kappa shape index (κ3) is 9.34. The van der Waals surface area contributed by atoms with Crippen molar-refractivity contribution in [2.75, 3.05) is 17.1 Å². The lowest BCUT2D eigenvalue weighted by atomic mass is 10.0. The summed E-state index contributed by atoms with van der Waals surface area (Å²) in [5.74, 6) is -3.51. The fraction of sp³-hybridized carbons (Fsp3) is 0.355. The van der Waals surface area contributed by atoms with Gasteiger partial charge in [-0.05, 0) is 55.2 Å². The van der Waals surface area contributed by atoms with Gasteiger partial charge < -0.3 is 10.2 Å². The Morgan fingerprint density at radius 1 is 0.905 bits per heavy atom. The molecule has 0 bridgehead atoms. The fourth-order valence-corrected chi connectivity index (χ4v) is 5.38. The van der Waals surface area contributed by atoms with Crippen LogP contribution in [-0.4, -0.2) is 50.0 Å². The molecule has 11 heteroatoms. The van der Waals surface area contributed by atoms with Gasteiger partial charge in [-0.25, -0.2) is 21.6 Å². The molecule has 0 aliphatic heterocycles. The monoisotopic (exact) mass is 603 g/mol. The number of benzene rings is 3. The standard InChI is InChI=1S/C31H36F3N3O4S/c1-4-22(2)35-31(39)29(19-23-9-6-5-7-10-23)36(21-24-12-14-25(32)15-13-24)30(38)11-8-18-37(42(3,40)41)26-16-17-27(33)28(34)20-26/h5-7,9-10,12-17,20,22,29H,4,8,11,18-19,21H2,1-3H3,(H,35,39). The SMILES string of the molecule is CCC(C)NC(=O)C(Cc1ccccc1)N(Cc1ccc(F)cc1)C(=O)CCCN(c1ccc(F)c(F)c1)S(C)(=O)=O. The molecule has 7 nitrogen and oxygen atoms in total. The predicted molar refractivity (Wildman–Crippen MR) is 157 cm³/mol. The highest BCUT2D eigenvalue weighted by molar-refractivity contribution is 7.92. The molecule has 226 valence electrons. The van der Waals surface area contributed by atoms with Crippen LogP contribution in [0.1, 0.15) is 44.2 Å². The van der Waals surface area contributed by atoms with Gasteiger partial charge in [-0.15, -0.1) is 0 Å². The van der Waals surface area contributed by atoms with E-state index in [1.54, 1.807) is 0 Å². The molecule has 0 radical (unpaired) electrons. The Hall–Kier alpha value is -3.86. The van der Waals surface area contributed by atoms with E-state index in [0.717, 1.165) is 34.3 Å². The lowest BCUT2D eigenvalue weighted by molar-refractivity contribution is -0.141. The molecule has 1 N–H and O–H groups in total. The molecule has 0 spiro atoms. The summed E-state index contributed by atoms with van der Waals surface area (Å²) in [7, 11) is -3.89. The molecule has 3 rings (SSSR count). The average molecular weight is 604 g/mol. The van der Waals surface area contributed by atoms with E-state index in [2.05, 4.69) is 5.32 Å². The minimum atomic E-state index is -3.89. The topological polar surface area (TPSA) is 86.8 Å². The zero-order valence-electron chi connectivity index (χ0n) is 23.9. The van der Waals surface area contributed by atoms with Crippen LogP contribution >= 0.6 is 0 Å². The maximum atomic E-state index is 13.9. The van der Waals surface area contributed by atoms with Gasteiger partial charge in [0.15, 0.2) is 11.6 Å². The third-order valence-electron chi connectivity index (χ3n) is 6.88. The van der Waals surface area contributed by atoms with Crippen molar-refractivity contribution in [3.05, 3.63) is 101 Å². The Balaban J connectivity index is 1.89. The number of sulfonamides is 1. The lowest BCUT2D eigenvalue weighted by Crippen LogP contribution is -2.52. The van der Waals surface area contributed by atoms with Crippen LogP contribution in [-0.2, 0) is 32.6 Å². The van der Waals surface area contributed by atoms with Crippen molar-refractivity contribution in [1.29, 1.82) is 0 Å². The average Bonchev–Trinajstić information content (AvgIpc) is 2.95. The summed E-state index contributed by atoms with van der Waals surface area (Å²) < 4.78 is 66.8. The Labute approximate surface area is 245 Å². The van der Waals surface area contributed by atoms with Gasteiger partial charge in [0.1, 0.15) is 11.9 Å². The first-order valence-electron chi connectivity index (χ1n) is 13.7. The normalized spacial score (nSPS) is 12.8. The van der Waals surface area contributed by atoms with Crippen LogP contribution in [0, 0.1) is 17.5 Å². The molecule has 0 aliphatic carbocycles. The molecule has 0 fully saturated rings. The third-order valence-corrected chi connectivity index (χ3v) is 8.08. The van der Waals surface area contributed by atoms with Crippen LogP contribution in [0.15, 0.2) is 72.8 Å². The molecule has 3 aromatic carbocycles. The summed E-state index contributed by atoms with van der Waals surface area (Å²) in [6.45, 7) is 3.63. The number of amides is 2. The number of nitrogens with zero attached hydrogens (tertiary/aromatic N) is 2. The zero-order valence-corrected chi connectivity index (χ0v) is 24.7. The van der Waals surface area contributed by atoms with Crippen LogP contribution in [0.5, 0.6) is 0 Å². The predicted octanol–water partition coefficient (Wildman–Crippen LogP) is 5.20. The van der Waals surface area contributed by atoms with Gasteiger partial charge in [-0.3, -0.25) is 13.9 Å². The lowest BCUT2D eigenvalue weighted by Gasteiger charge is -2.32. The van der Waals surface area contributed by atoms with E-state index in [1.807, 2.05) is 44.2 Å². The van der Waals surface area contributed by atoms with E-state index in [-0.39, 0.29) is 50.0 Å². The van der Waals surface area contributed by atoms with E-state index < -0.39 is 39.4 Å². The van der Waals surface area contributed by atoms with Gasteiger partial charge in [0.25, 0.3) is 0 Å². The smallest absolute Gasteiger partial charge is 0.243 e. The van der Waals surface area contributed by atoms with Crippen molar-refractivity contribution in [3.8, 4) is 0 Å². The summed E-state index contributed by atoms with van der Waals surface area (Å²) in [5.41, 5.74) is 1.38. The number of hydrogen-bond acceptors (Lipinski definition) is 4. The summed E-state index contributed by atoms with van der Waals surface area (Å²) in [4.78, 5) is 28.7. The Bertz CT molecular complexity index is 1450. The molecule has 0 saturated heterocycles. The van der Waals surface area contributed by atoms with Gasteiger partial charge in [0, 0.05) is 38.0 Å². The first kappa shape index (κ1) is 32.7. The van der Waals surface area contributed by atoms with Crippen molar-refractivity contribution in [3.63, 3.8) is 0 Å². The number of anilines is 1. The van der Waals surface area contributed by atoms with E-state index in [0.29, 0.717) is 12.0 Å². The summed E-state index contributed by atoms with van der Waals surface area (Å²) >= 11 is 0. The molecular weight excluding hydrogens is 567 g/mol. The van der Waals surface area contributed by atoms with Crippen LogP contribution in [0.2, 0.25) is 0 Å². The Kier molecular flexibility index (Phi) is 11.6. The number of nitrogens with one attached hydrogen (secondary N) is 1. The van der Waals surface area contributed by atoms with Crippen molar-refractivity contribution < 1.29 is 31.2 Å². The molecule has 2 unspecified atom stereocenters. The van der Waals surface area contributed by atoms with Crippen molar-refractivity contribution in [2.45, 2.75) is 58.2 Å². The molecule has 2 atom stereocenters. The number of rotatable bonds is 14. The van der Waals surface area contributed by atoms with Crippen LogP contribution in [0.25, 0.3) is 0 Å². The van der Waals surface area contributed by atoms with Gasteiger partial charge in [0.05, 0.1) is 11.9 Å². The quantitative estimate of drug-likeness (QED) is 0.274. The van der Waals surface area contributed by atoms with Crippen molar-refractivity contribution in [1.82, 2.24) is 10.2 Å². The maximum Gasteiger partial charge on any atom is 0.243 e. The number of carbonyl (C=O) groups is 2. The van der Waals surface area contributed by atoms with Gasteiger partial charge >= 0.3 is 0 Å². The van der Waals surface area contributed by atoms with E-state index >= 15 is 0 Å².